The summed E-state index contributed by atoms with van der Waals surface area (Å²) >= 11 is 0. The summed E-state index contributed by atoms with van der Waals surface area (Å²) in [7, 11) is 0. The number of aryl methyl sites for hydroxylation is 1. The normalized spacial score (nSPS) is 12.7. The van der Waals surface area contributed by atoms with Crippen molar-refractivity contribution in [2.24, 2.45) is 0 Å². The maximum absolute atomic E-state index is 12.2. The third-order valence-electron chi connectivity index (χ3n) is 3.06. The molecule has 1 heterocycles. The fraction of sp³-hybridized carbons (Fsp3) is 0.353. The van der Waals surface area contributed by atoms with E-state index in [-0.39, 0.29) is 0 Å². The van der Waals surface area contributed by atoms with Crippen LogP contribution in [0.3, 0.4) is 0 Å². The largest absolute Gasteiger partial charge is 0.459 e. The molecule has 5 heteroatoms. The molecule has 0 saturated heterocycles. The summed E-state index contributed by atoms with van der Waals surface area (Å²) in [6, 6.07) is 7.11. The van der Waals surface area contributed by atoms with Gasteiger partial charge in [-0.05, 0) is 39.3 Å². The molecule has 0 bridgehead atoms. The number of ether oxygens (including phenoxy) is 1. The van der Waals surface area contributed by atoms with E-state index in [1.807, 2.05) is 6.07 Å². The SMILES string of the molecule is Cc1ocnc1-c1cccc(C(C=O)C(=O)OC(C)(C)C)c1. The average molecular weight is 301 g/mol. The van der Waals surface area contributed by atoms with Crippen LogP contribution >= 0.6 is 0 Å². The van der Waals surface area contributed by atoms with Crippen molar-refractivity contribution in [2.75, 3.05) is 0 Å². The Hall–Kier alpha value is -2.43. The molecule has 0 aliphatic rings. The lowest BCUT2D eigenvalue weighted by Crippen LogP contribution is -2.28. The van der Waals surface area contributed by atoms with Crippen LogP contribution in [-0.2, 0) is 14.3 Å². The molecule has 22 heavy (non-hydrogen) atoms. The molecule has 2 rings (SSSR count). The minimum atomic E-state index is -0.952. The minimum Gasteiger partial charge on any atom is -0.459 e. The van der Waals surface area contributed by atoms with Crippen molar-refractivity contribution in [3.05, 3.63) is 42.0 Å². The Balaban J connectivity index is 2.33. The van der Waals surface area contributed by atoms with Crippen LogP contribution in [0.2, 0.25) is 0 Å². The molecule has 0 saturated carbocycles. The monoisotopic (exact) mass is 301 g/mol. The lowest BCUT2D eigenvalue weighted by atomic mass is 9.97. The summed E-state index contributed by atoms with van der Waals surface area (Å²) in [4.78, 5) is 27.7. The highest BCUT2D eigenvalue weighted by atomic mass is 16.6. The number of carbonyl (C=O) groups is 2. The number of nitrogens with zero attached hydrogens (tertiary/aromatic N) is 1. The highest BCUT2D eigenvalue weighted by Gasteiger charge is 2.26. The third-order valence-corrected chi connectivity index (χ3v) is 3.06. The van der Waals surface area contributed by atoms with Gasteiger partial charge >= 0.3 is 5.97 Å². The first-order chi connectivity index (χ1) is 10.3. The molecular formula is C17H19NO4. The summed E-state index contributed by atoms with van der Waals surface area (Å²) < 4.78 is 10.5. The standard InChI is InChI=1S/C17H19NO4/c1-11-15(18-10-21-11)13-7-5-6-12(8-13)14(9-19)16(20)22-17(2,3)4/h5-10,14H,1-4H3. The van der Waals surface area contributed by atoms with Crippen LogP contribution in [0.4, 0.5) is 0 Å². The van der Waals surface area contributed by atoms with Crippen molar-refractivity contribution in [1.82, 2.24) is 4.98 Å². The number of rotatable bonds is 4. The molecule has 116 valence electrons. The Morgan fingerprint density at radius 1 is 1.36 bits per heavy atom. The van der Waals surface area contributed by atoms with E-state index >= 15 is 0 Å². The molecule has 5 nitrogen and oxygen atoms in total. The van der Waals surface area contributed by atoms with Crippen LogP contribution in [0.5, 0.6) is 0 Å². The van der Waals surface area contributed by atoms with Gasteiger partial charge in [0, 0.05) is 5.56 Å². The van der Waals surface area contributed by atoms with E-state index < -0.39 is 17.5 Å². The van der Waals surface area contributed by atoms with Crippen molar-refractivity contribution in [2.45, 2.75) is 39.2 Å². The highest BCUT2D eigenvalue weighted by molar-refractivity contribution is 5.94. The van der Waals surface area contributed by atoms with Crippen LogP contribution < -0.4 is 0 Å². The quantitative estimate of drug-likeness (QED) is 0.492. The molecule has 1 atom stereocenters. The molecule has 2 aromatic rings. The third kappa shape index (κ3) is 3.61. The highest BCUT2D eigenvalue weighted by Crippen LogP contribution is 2.26. The zero-order chi connectivity index (χ0) is 16.3. The predicted molar refractivity (Wildman–Crippen MR) is 81.3 cm³/mol. The fourth-order valence-corrected chi connectivity index (χ4v) is 2.10. The Morgan fingerprint density at radius 2 is 2.09 bits per heavy atom. The Morgan fingerprint density at radius 3 is 2.64 bits per heavy atom. The van der Waals surface area contributed by atoms with E-state index in [0.29, 0.717) is 23.3 Å². The van der Waals surface area contributed by atoms with E-state index in [1.165, 1.54) is 6.39 Å². The van der Waals surface area contributed by atoms with Gasteiger partial charge in [-0.1, -0.05) is 18.2 Å². The number of hydrogen-bond donors (Lipinski definition) is 0. The Labute approximate surface area is 129 Å². The molecule has 1 aromatic heterocycles. The van der Waals surface area contributed by atoms with Gasteiger partial charge in [-0.15, -0.1) is 0 Å². The Kier molecular flexibility index (Phi) is 4.45. The number of benzene rings is 1. The summed E-state index contributed by atoms with van der Waals surface area (Å²) in [5.74, 6) is -0.833. The van der Waals surface area contributed by atoms with Gasteiger partial charge < -0.3 is 13.9 Å². The first-order valence-electron chi connectivity index (χ1n) is 7.00. The topological polar surface area (TPSA) is 69.4 Å². The second-order valence-electron chi connectivity index (χ2n) is 6.03. The number of carbonyl (C=O) groups excluding carboxylic acids is 2. The van der Waals surface area contributed by atoms with Crippen LogP contribution in [0, 0.1) is 6.92 Å². The van der Waals surface area contributed by atoms with Crippen molar-refractivity contribution in [1.29, 1.82) is 0 Å². The number of aldehydes is 1. The van der Waals surface area contributed by atoms with Crippen LogP contribution in [-0.4, -0.2) is 22.8 Å². The molecule has 0 spiro atoms. The van der Waals surface area contributed by atoms with E-state index in [1.54, 1.807) is 45.9 Å². The fourth-order valence-electron chi connectivity index (χ4n) is 2.10. The van der Waals surface area contributed by atoms with Gasteiger partial charge in [-0.25, -0.2) is 4.98 Å². The molecule has 0 aliphatic carbocycles. The van der Waals surface area contributed by atoms with Gasteiger partial charge in [0.15, 0.2) is 6.39 Å². The van der Waals surface area contributed by atoms with Gasteiger partial charge in [-0.2, -0.15) is 0 Å². The summed E-state index contributed by atoms with van der Waals surface area (Å²) in [5.41, 5.74) is 1.41. The maximum atomic E-state index is 12.2. The lowest BCUT2D eigenvalue weighted by Gasteiger charge is -2.22. The average Bonchev–Trinajstić information content (AvgIpc) is 2.84. The summed E-state index contributed by atoms with van der Waals surface area (Å²) in [6.45, 7) is 7.10. The van der Waals surface area contributed by atoms with Gasteiger partial charge in [0.05, 0.1) is 0 Å². The number of esters is 1. The smallest absolute Gasteiger partial charge is 0.321 e. The molecule has 0 aliphatic heterocycles. The van der Waals surface area contributed by atoms with E-state index in [9.17, 15) is 9.59 Å². The van der Waals surface area contributed by atoms with Crippen molar-refractivity contribution in [3.63, 3.8) is 0 Å². The number of hydrogen-bond acceptors (Lipinski definition) is 5. The number of aromatic nitrogens is 1. The zero-order valence-corrected chi connectivity index (χ0v) is 13.1. The van der Waals surface area contributed by atoms with Crippen molar-refractivity contribution >= 4 is 12.3 Å². The molecular weight excluding hydrogens is 282 g/mol. The van der Waals surface area contributed by atoms with E-state index in [0.717, 1.165) is 5.56 Å². The molecule has 0 fully saturated rings. The predicted octanol–water partition coefficient (Wildman–Crippen LogP) is 3.27. The Bertz CT molecular complexity index is 682. The molecule has 1 aromatic carbocycles. The van der Waals surface area contributed by atoms with Gasteiger partial charge in [0.25, 0.3) is 0 Å². The second-order valence-corrected chi connectivity index (χ2v) is 6.03. The molecule has 0 amide bonds. The molecule has 0 N–H and O–H groups in total. The van der Waals surface area contributed by atoms with Crippen LogP contribution in [0.1, 0.15) is 38.0 Å². The number of oxazole rings is 1. The minimum absolute atomic E-state index is 0.559. The second kappa shape index (κ2) is 6.13. The first kappa shape index (κ1) is 15.9. The van der Waals surface area contributed by atoms with Crippen molar-refractivity contribution < 1.29 is 18.7 Å². The zero-order valence-electron chi connectivity index (χ0n) is 13.1. The van der Waals surface area contributed by atoms with Gasteiger partial charge in [0.1, 0.15) is 29.3 Å². The van der Waals surface area contributed by atoms with Gasteiger partial charge in [0.2, 0.25) is 0 Å². The van der Waals surface area contributed by atoms with Crippen molar-refractivity contribution in [3.8, 4) is 11.3 Å². The molecule has 0 radical (unpaired) electrons. The maximum Gasteiger partial charge on any atom is 0.321 e. The van der Waals surface area contributed by atoms with Crippen LogP contribution in [0.25, 0.3) is 11.3 Å². The van der Waals surface area contributed by atoms with Crippen LogP contribution in [0.15, 0.2) is 35.1 Å². The van der Waals surface area contributed by atoms with Gasteiger partial charge in [-0.3, -0.25) is 4.79 Å². The van der Waals surface area contributed by atoms with E-state index in [4.69, 9.17) is 9.15 Å². The summed E-state index contributed by atoms with van der Waals surface area (Å²) in [6.07, 6.45) is 1.96. The lowest BCUT2D eigenvalue weighted by molar-refractivity contribution is -0.157. The molecule has 1 unspecified atom stereocenters. The van der Waals surface area contributed by atoms with E-state index in [2.05, 4.69) is 4.98 Å². The summed E-state index contributed by atoms with van der Waals surface area (Å²) in [5, 5.41) is 0. The first-order valence-corrected chi connectivity index (χ1v) is 7.00.